The molecule has 0 saturated carbocycles. The molecule has 2 radical (unpaired) electrons. The van der Waals surface area contributed by atoms with Crippen molar-refractivity contribution in [2.24, 2.45) is 0 Å². The van der Waals surface area contributed by atoms with E-state index in [1.165, 1.54) is 0 Å². The Kier molecular flexibility index (Phi) is 225. The second-order valence-electron chi connectivity index (χ2n) is 0. The largest absolute Gasteiger partial charge is 0 e. The fraction of sp³-hybridized carbons (Fsp3) is 0. The van der Waals surface area contributed by atoms with Crippen molar-refractivity contribution in [1.29, 1.82) is 0 Å². The van der Waals surface area contributed by atoms with Crippen LogP contribution in [0, 0.1) is 39.9 Å². The van der Waals surface area contributed by atoms with Gasteiger partial charge in [-0.2, -0.15) is 0 Å². The first-order chi connectivity index (χ1) is 1.00. The van der Waals surface area contributed by atoms with Gasteiger partial charge in [0.15, 0.2) is 0 Å². The molecule has 0 aromatic carbocycles. The molecule has 0 amide bonds. The van der Waals surface area contributed by atoms with Gasteiger partial charge in [-0.25, -0.2) is 0 Å². The van der Waals surface area contributed by atoms with Crippen molar-refractivity contribution in [1.82, 2.24) is 0 Å². The van der Waals surface area contributed by atoms with E-state index in [2.05, 4.69) is 15.9 Å². The van der Waals surface area contributed by atoms with Crippen molar-refractivity contribution in [3.63, 3.8) is 0 Å². The first kappa shape index (κ1) is 38.5. The minimum Gasteiger partial charge on any atom is 0 e. The molecule has 0 aliphatic carbocycles. The number of hydrogen-bond acceptors (Lipinski definition) is 1. The van der Waals surface area contributed by atoms with E-state index in [9.17, 15) is 0 Å². The van der Waals surface area contributed by atoms with Gasteiger partial charge in [-0.15, -0.1) is 0 Å². The molecule has 7 heavy (non-hydrogen) atoms. The Morgan fingerprint density at radius 3 is 1.14 bits per heavy atom. The maximum Gasteiger partial charge on any atom is 0 e. The van der Waals surface area contributed by atoms with Crippen LogP contribution in [0.3, 0.4) is 0 Å². The Labute approximate surface area is 180 Å². The van der Waals surface area contributed by atoms with Crippen LogP contribution < -0.4 is 0 Å². The fourth-order valence-electron chi connectivity index (χ4n) is 0. The van der Waals surface area contributed by atoms with E-state index in [0.29, 0.717) is 0 Å². The molecular weight excluding hydrogens is 890 g/mol. The summed E-state index contributed by atoms with van der Waals surface area (Å²) in [5, 5.41) is 0. The minimum atomic E-state index is 0. The molecule has 0 aromatic rings. The monoisotopic (exact) mass is 903 g/mol. The van der Waals surface area contributed by atoms with Crippen molar-refractivity contribution < 1.29 is 59.7 Å². The summed E-state index contributed by atoms with van der Waals surface area (Å²) in [5.41, 5.74) is 0. The van der Waals surface area contributed by atoms with Gasteiger partial charge in [0.2, 0.25) is 0 Å². The minimum absolute atomic E-state index is 0. The zero-order chi connectivity index (χ0) is 2.00. The Balaban J connectivity index is -0.000000000500. The zero-order valence-electron chi connectivity index (χ0n) is 1.92. The molecule has 1 nitrogen and oxygen atoms in total. The van der Waals surface area contributed by atoms with Crippen LogP contribution in [-0.4, -0.2) is 126 Å². The Hall–Kier alpha value is 5.81. The molecule has 45 valence electrons. The topological polar surface area (TPSA) is 17.1 Å². The van der Waals surface area contributed by atoms with E-state index in [4.69, 9.17) is 3.83 Å². The second-order valence-corrected chi connectivity index (χ2v) is 0. The molecule has 0 spiro atoms. The van der Waals surface area contributed by atoms with E-state index in [0.717, 1.165) is 0 Å². The van der Waals surface area contributed by atoms with Crippen LogP contribution in [-0.2, 0) is 19.8 Å². The van der Waals surface area contributed by atoms with Crippen LogP contribution in [0.1, 0.15) is 0 Å². The quantitative estimate of drug-likeness (QED) is 0.224. The summed E-state index contributed by atoms with van der Waals surface area (Å²) in [6.07, 6.45) is 0. The van der Waals surface area contributed by atoms with Crippen LogP contribution in [0.25, 0.3) is 0 Å². The third kappa shape index (κ3) is 33.7. The summed E-state index contributed by atoms with van der Waals surface area (Å²) < 4.78 is 7.81. The third-order valence-electron chi connectivity index (χ3n) is 0. The first-order valence-electron chi connectivity index (χ1n) is 0.123. The summed E-state index contributed by atoms with van der Waals surface area (Å²) in [5.74, 6) is 0. The van der Waals surface area contributed by atoms with E-state index in [-0.39, 0.29) is 166 Å². The van der Waals surface area contributed by atoms with Gasteiger partial charge in [0.1, 0.15) is 0 Å². The van der Waals surface area contributed by atoms with Crippen LogP contribution in [0.4, 0.5) is 0 Å². The molecule has 0 rings (SSSR count). The summed E-state index contributed by atoms with van der Waals surface area (Å²) in [6.45, 7) is 0. The molecule has 0 aliphatic heterocycles. The number of rotatable bonds is 0. The van der Waals surface area contributed by atoms with Gasteiger partial charge in [0.25, 0.3) is 0 Å². The molecule has 0 N–H and O–H groups in total. The van der Waals surface area contributed by atoms with Gasteiger partial charge in [-0.3, -0.25) is 0 Å². The average molecular weight is 901 g/mol. The zero-order valence-corrected chi connectivity index (χ0v) is 12.5. The van der Waals surface area contributed by atoms with E-state index in [1.807, 2.05) is 0 Å². The number of hydrogen-bond donors (Lipinski definition) is 0. The van der Waals surface area contributed by atoms with E-state index >= 15 is 0 Å². The Morgan fingerprint density at radius 1 is 1.14 bits per heavy atom. The Bertz CT molecular complexity index is 19.7. The fourth-order valence-corrected chi connectivity index (χ4v) is 0. The molecule has 0 atom stereocenters. The molecule has 0 aliphatic rings. The van der Waals surface area contributed by atoms with Gasteiger partial charge in [-0.1, -0.05) is 0 Å². The summed E-state index contributed by atoms with van der Waals surface area (Å²) in [6, 6.07) is 0. The van der Waals surface area contributed by atoms with Crippen LogP contribution >= 0.6 is 0 Å². The van der Waals surface area contributed by atoms with Crippen molar-refractivity contribution >= 4 is 126 Å². The second kappa shape index (κ2) is 40.9. The molecule has 0 bridgehead atoms. The summed E-state index contributed by atoms with van der Waals surface area (Å²) in [4.78, 5) is 0. The van der Waals surface area contributed by atoms with E-state index < -0.39 is 0 Å². The average Bonchev–Trinajstić information content (AvgIpc) is 1.00. The standard InChI is InChI=1S/Ba.Cu.In.O.Pb.Sn.Th.11H. The molecular formula is H11BaCuInOPbSnTh. The van der Waals surface area contributed by atoms with Gasteiger partial charge in [-0.05, 0) is 0 Å². The van der Waals surface area contributed by atoms with Crippen molar-refractivity contribution in [3.8, 4) is 0 Å². The molecule has 0 unspecified atom stereocenters. The SMILES string of the molecule is [BaH2].[InH3].[O]=[Cu].[PbH2].[SnH4].[Th]. The predicted molar refractivity (Wildman–Crippen MR) is 39.0 cm³/mol. The predicted octanol–water partition coefficient (Wildman–Crippen LogP) is -4.59. The van der Waals surface area contributed by atoms with Crippen molar-refractivity contribution in [2.45, 2.75) is 0 Å². The molecule has 0 heterocycles. The Morgan fingerprint density at radius 2 is 1.14 bits per heavy atom. The van der Waals surface area contributed by atoms with Crippen LogP contribution in [0.5, 0.6) is 0 Å². The van der Waals surface area contributed by atoms with Crippen LogP contribution in [0.2, 0.25) is 0 Å². The third-order valence-corrected chi connectivity index (χ3v) is 0. The summed E-state index contributed by atoms with van der Waals surface area (Å²) in [7, 11) is 0. The summed E-state index contributed by atoms with van der Waals surface area (Å²) >= 11 is 2.94. The molecule has 7 heteroatoms. The van der Waals surface area contributed by atoms with Crippen molar-refractivity contribution in [3.05, 3.63) is 0 Å². The van der Waals surface area contributed by atoms with Gasteiger partial charge >= 0.3 is 146 Å². The normalized spacial score (nSPS) is 0.857. The van der Waals surface area contributed by atoms with Crippen molar-refractivity contribution in [2.75, 3.05) is 0 Å². The van der Waals surface area contributed by atoms with E-state index in [1.54, 1.807) is 0 Å². The van der Waals surface area contributed by atoms with Gasteiger partial charge < -0.3 is 0 Å². The van der Waals surface area contributed by atoms with Gasteiger partial charge in [0, 0.05) is 39.9 Å². The van der Waals surface area contributed by atoms with Crippen LogP contribution in [0.15, 0.2) is 0 Å². The molecule has 0 saturated heterocycles. The molecule has 0 fully saturated rings. The first-order valence-corrected chi connectivity index (χ1v) is 0.508. The molecule has 0 aromatic heterocycles. The smallest absolute Gasteiger partial charge is 0 e. The maximum atomic E-state index is 7.81. The maximum absolute atomic E-state index is 7.81. The van der Waals surface area contributed by atoms with Gasteiger partial charge in [0.05, 0.1) is 0 Å².